The Labute approximate surface area is 132 Å². The number of ketones is 1. The molecule has 0 aliphatic carbocycles. The molecule has 0 spiro atoms. The van der Waals surface area contributed by atoms with Gasteiger partial charge >= 0.3 is 0 Å². The van der Waals surface area contributed by atoms with E-state index in [-0.39, 0.29) is 5.78 Å². The van der Waals surface area contributed by atoms with Crippen LogP contribution in [0.5, 0.6) is 0 Å². The van der Waals surface area contributed by atoms with Gasteiger partial charge < -0.3 is 0 Å². The predicted molar refractivity (Wildman–Crippen MR) is 88.4 cm³/mol. The number of carbonyl (C=O) groups is 1. The summed E-state index contributed by atoms with van der Waals surface area (Å²) in [7, 11) is 0. The maximum absolute atomic E-state index is 12.2. The fourth-order valence-electron chi connectivity index (χ4n) is 2.05. The van der Waals surface area contributed by atoms with E-state index in [1.807, 2.05) is 24.3 Å². The van der Waals surface area contributed by atoms with Gasteiger partial charge in [-0.05, 0) is 24.1 Å². The van der Waals surface area contributed by atoms with Gasteiger partial charge in [-0.3, -0.25) is 9.69 Å². The van der Waals surface area contributed by atoms with Crippen molar-refractivity contribution in [2.75, 3.05) is 13.1 Å². The molecule has 0 aliphatic heterocycles. The molecule has 2 rings (SSSR count). The number of hydrogen-bond donors (Lipinski definition) is 0. The monoisotopic (exact) mass is 351 g/mol. The Morgan fingerprint density at radius 2 is 2.05 bits per heavy atom. The van der Waals surface area contributed by atoms with Crippen LogP contribution in [0.25, 0.3) is 0 Å². The lowest BCUT2D eigenvalue weighted by Crippen LogP contribution is -2.25. The van der Waals surface area contributed by atoms with Crippen LogP contribution in [0.2, 0.25) is 0 Å². The van der Waals surface area contributed by atoms with Crippen molar-refractivity contribution in [2.24, 2.45) is 0 Å². The molecule has 0 radical (unpaired) electrons. The fraction of sp³-hybridized carbons (Fsp3) is 0.312. The molecule has 0 aliphatic rings. The highest BCUT2D eigenvalue weighted by Gasteiger charge is 2.12. The number of Topliss-reactive ketones (excluding diaryl/α,β-unsaturated/α-hetero) is 1. The summed E-state index contributed by atoms with van der Waals surface area (Å²) in [5.74, 6) is 0.196. The van der Waals surface area contributed by atoms with E-state index < -0.39 is 0 Å². The molecule has 1 heterocycles. The molecule has 2 nitrogen and oxygen atoms in total. The third-order valence-corrected chi connectivity index (χ3v) is 4.79. The van der Waals surface area contributed by atoms with Crippen molar-refractivity contribution in [3.8, 4) is 0 Å². The van der Waals surface area contributed by atoms with Crippen molar-refractivity contribution < 1.29 is 4.79 Å². The maximum atomic E-state index is 12.2. The Kier molecular flexibility index (Phi) is 5.95. The highest BCUT2D eigenvalue weighted by atomic mass is 79.9. The maximum Gasteiger partial charge on any atom is 0.165 e. The molecule has 1 aromatic heterocycles. The number of rotatable bonds is 7. The molecule has 0 unspecified atom stereocenters. The molecular weight excluding hydrogens is 334 g/mol. The summed E-state index contributed by atoms with van der Waals surface area (Å²) in [6, 6.07) is 11.8. The molecule has 106 valence electrons. The minimum Gasteiger partial charge on any atom is -0.298 e. The molecule has 0 saturated carbocycles. The van der Waals surface area contributed by atoms with Crippen molar-refractivity contribution in [3.63, 3.8) is 0 Å². The summed E-state index contributed by atoms with van der Waals surface area (Å²) in [5, 5.41) is 2.09. The predicted octanol–water partition coefficient (Wildman–Crippen LogP) is 4.61. The van der Waals surface area contributed by atoms with Crippen molar-refractivity contribution in [1.29, 1.82) is 0 Å². The Morgan fingerprint density at radius 3 is 2.70 bits per heavy atom. The van der Waals surface area contributed by atoms with Gasteiger partial charge in [0.15, 0.2) is 5.78 Å². The van der Waals surface area contributed by atoms with E-state index >= 15 is 0 Å². The van der Waals surface area contributed by atoms with Gasteiger partial charge in [0.1, 0.15) is 0 Å². The van der Waals surface area contributed by atoms with Crippen LogP contribution in [0.1, 0.15) is 28.6 Å². The minimum atomic E-state index is 0.196. The molecule has 4 heteroatoms. The molecule has 2 aromatic rings. The van der Waals surface area contributed by atoms with Crippen molar-refractivity contribution in [2.45, 2.75) is 19.9 Å². The number of thiophene rings is 1. The smallest absolute Gasteiger partial charge is 0.165 e. The molecule has 0 amide bonds. The van der Waals surface area contributed by atoms with Crippen LogP contribution in [0.4, 0.5) is 0 Å². The number of carbonyl (C=O) groups excluding carboxylic acids is 1. The van der Waals surface area contributed by atoms with Crippen LogP contribution < -0.4 is 0 Å². The van der Waals surface area contributed by atoms with Crippen LogP contribution in [-0.2, 0) is 6.54 Å². The van der Waals surface area contributed by atoms with Gasteiger partial charge in [-0.1, -0.05) is 47.1 Å². The summed E-state index contributed by atoms with van der Waals surface area (Å²) in [5.41, 5.74) is 0.777. The summed E-state index contributed by atoms with van der Waals surface area (Å²) in [6.45, 7) is 4.82. The van der Waals surface area contributed by atoms with E-state index in [4.69, 9.17) is 0 Å². The molecule has 1 aromatic carbocycles. The first-order valence-electron chi connectivity index (χ1n) is 6.73. The topological polar surface area (TPSA) is 20.3 Å². The number of nitrogens with zero attached hydrogens (tertiary/aromatic N) is 1. The molecule has 0 N–H and O–H groups in total. The van der Waals surface area contributed by atoms with Crippen LogP contribution in [0, 0.1) is 0 Å². The SMILES string of the molecule is CCN(CCC(=O)c1ccccc1Br)Cc1cccs1. The zero-order valence-electron chi connectivity index (χ0n) is 11.5. The quantitative estimate of drug-likeness (QED) is 0.679. The number of hydrogen-bond acceptors (Lipinski definition) is 3. The van der Waals surface area contributed by atoms with Gasteiger partial charge in [0.2, 0.25) is 0 Å². The largest absolute Gasteiger partial charge is 0.298 e. The first-order chi connectivity index (χ1) is 9.70. The van der Waals surface area contributed by atoms with Crippen LogP contribution in [-0.4, -0.2) is 23.8 Å². The molecule has 20 heavy (non-hydrogen) atoms. The van der Waals surface area contributed by atoms with Gasteiger partial charge in [0, 0.05) is 34.4 Å². The van der Waals surface area contributed by atoms with E-state index in [1.54, 1.807) is 11.3 Å². The fourth-order valence-corrected chi connectivity index (χ4v) is 3.31. The average molecular weight is 352 g/mol. The van der Waals surface area contributed by atoms with E-state index in [0.29, 0.717) is 6.42 Å². The van der Waals surface area contributed by atoms with E-state index in [2.05, 4.69) is 45.3 Å². The van der Waals surface area contributed by atoms with Crippen LogP contribution in [0.3, 0.4) is 0 Å². The van der Waals surface area contributed by atoms with Crippen LogP contribution >= 0.6 is 27.3 Å². The number of benzene rings is 1. The number of halogens is 1. The van der Waals surface area contributed by atoms with Gasteiger partial charge in [-0.25, -0.2) is 0 Å². The second-order valence-corrected chi connectivity index (χ2v) is 6.49. The third kappa shape index (κ3) is 4.27. The summed E-state index contributed by atoms with van der Waals surface area (Å²) in [6.07, 6.45) is 0.557. The first-order valence-corrected chi connectivity index (χ1v) is 8.40. The Bertz CT molecular complexity index is 553. The lowest BCUT2D eigenvalue weighted by molar-refractivity contribution is 0.0963. The zero-order valence-corrected chi connectivity index (χ0v) is 13.9. The van der Waals surface area contributed by atoms with Gasteiger partial charge in [-0.15, -0.1) is 11.3 Å². The van der Waals surface area contributed by atoms with Gasteiger partial charge in [-0.2, -0.15) is 0 Å². The molecular formula is C16H18BrNOS. The van der Waals surface area contributed by atoms with Crippen molar-refractivity contribution in [1.82, 2.24) is 4.90 Å². The minimum absolute atomic E-state index is 0.196. The second-order valence-electron chi connectivity index (χ2n) is 4.60. The molecule has 0 saturated heterocycles. The normalized spacial score (nSPS) is 10.9. The highest BCUT2D eigenvalue weighted by Crippen LogP contribution is 2.18. The van der Waals surface area contributed by atoms with Crippen molar-refractivity contribution >= 4 is 33.0 Å². The third-order valence-electron chi connectivity index (χ3n) is 3.24. The lowest BCUT2D eigenvalue weighted by Gasteiger charge is -2.19. The molecule has 0 bridgehead atoms. The van der Waals surface area contributed by atoms with E-state index in [0.717, 1.165) is 29.7 Å². The van der Waals surface area contributed by atoms with Crippen LogP contribution in [0.15, 0.2) is 46.3 Å². The zero-order chi connectivity index (χ0) is 14.4. The van der Waals surface area contributed by atoms with E-state index in [9.17, 15) is 4.79 Å². The summed E-state index contributed by atoms with van der Waals surface area (Å²) in [4.78, 5) is 15.9. The Balaban J connectivity index is 1.90. The second kappa shape index (κ2) is 7.72. The summed E-state index contributed by atoms with van der Waals surface area (Å²) >= 11 is 5.20. The van der Waals surface area contributed by atoms with Crippen molar-refractivity contribution in [3.05, 3.63) is 56.7 Å². The highest BCUT2D eigenvalue weighted by molar-refractivity contribution is 9.10. The Morgan fingerprint density at radius 1 is 1.25 bits per heavy atom. The van der Waals surface area contributed by atoms with Gasteiger partial charge in [0.05, 0.1) is 0 Å². The molecule has 0 fully saturated rings. The lowest BCUT2D eigenvalue weighted by atomic mass is 10.1. The standard InChI is InChI=1S/C16H18BrNOS/c1-2-18(12-13-6-5-11-20-13)10-9-16(19)14-7-3-4-8-15(14)17/h3-8,11H,2,9-10,12H2,1H3. The van der Waals surface area contributed by atoms with Gasteiger partial charge in [0.25, 0.3) is 0 Å². The summed E-state index contributed by atoms with van der Waals surface area (Å²) < 4.78 is 0.881. The average Bonchev–Trinajstić information content (AvgIpc) is 2.96. The first kappa shape index (κ1) is 15.4. The molecule has 0 atom stereocenters. The van der Waals surface area contributed by atoms with E-state index in [1.165, 1.54) is 4.88 Å². The Hall–Kier alpha value is -0.970.